The van der Waals surface area contributed by atoms with Gasteiger partial charge in [0.2, 0.25) is 5.91 Å². The Bertz CT molecular complexity index is 571. The van der Waals surface area contributed by atoms with E-state index < -0.39 is 23.9 Å². The number of benzene rings is 1. The molecule has 20 heavy (non-hydrogen) atoms. The number of carbonyl (C=O) groups excluding carboxylic acids is 2. The summed E-state index contributed by atoms with van der Waals surface area (Å²) in [6.07, 6.45) is -5.49. The van der Waals surface area contributed by atoms with Gasteiger partial charge in [-0.2, -0.15) is 13.2 Å². The molecule has 7 heteroatoms. The highest BCUT2D eigenvalue weighted by molar-refractivity contribution is 6.21. The number of nitrogens with zero attached hydrogens (tertiary/aromatic N) is 1. The Balaban J connectivity index is 2.33. The fourth-order valence-electron chi connectivity index (χ4n) is 2.04. The summed E-state index contributed by atoms with van der Waals surface area (Å²) in [4.78, 5) is 24.4. The van der Waals surface area contributed by atoms with Crippen LogP contribution in [0, 0.1) is 0 Å². The second-order valence-electron chi connectivity index (χ2n) is 4.64. The molecule has 0 saturated carbocycles. The molecule has 1 unspecified atom stereocenters. The normalized spacial score (nSPS) is 17.1. The van der Waals surface area contributed by atoms with E-state index in [1.165, 1.54) is 25.2 Å². The van der Waals surface area contributed by atoms with Crippen LogP contribution in [0.25, 0.3) is 0 Å². The molecule has 1 aromatic rings. The number of halogens is 4. The van der Waals surface area contributed by atoms with Crippen molar-refractivity contribution in [3.05, 3.63) is 34.9 Å². The molecule has 0 saturated heterocycles. The van der Waals surface area contributed by atoms with E-state index in [2.05, 4.69) is 0 Å². The first-order valence-electron chi connectivity index (χ1n) is 5.83. The third kappa shape index (κ3) is 2.95. The van der Waals surface area contributed by atoms with Gasteiger partial charge < -0.3 is 0 Å². The van der Waals surface area contributed by atoms with Gasteiger partial charge in [-0.1, -0.05) is 12.1 Å². The first-order chi connectivity index (χ1) is 9.19. The molecule has 0 aliphatic carbocycles. The minimum absolute atomic E-state index is 0.0596. The topological polar surface area (TPSA) is 37.4 Å². The molecular weight excluding hydrogens is 295 g/mol. The SMILES string of the molecule is CN1C(=O)Cc2ccc(C(Cl)CC(F)(F)F)cc2C1=O. The Kier molecular flexibility index (Phi) is 3.77. The Labute approximate surface area is 118 Å². The predicted molar refractivity (Wildman–Crippen MR) is 66.5 cm³/mol. The van der Waals surface area contributed by atoms with Gasteiger partial charge in [0.05, 0.1) is 18.2 Å². The lowest BCUT2D eigenvalue weighted by Crippen LogP contribution is -2.39. The summed E-state index contributed by atoms with van der Waals surface area (Å²) in [6.45, 7) is 0. The molecule has 0 N–H and O–H groups in total. The standard InChI is InChI=1S/C13H11ClF3NO2/c1-18-11(19)5-7-2-3-8(4-9(7)12(18)20)10(14)6-13(15,16)17/h2-4,10H,5-6H2,1H3. The van der Waals surface area contributed by atoms with Crippen LogP contribution in [0.3, 0.4) is 0 Å². The molecule has 0 spiro atoms. The van der Waals surface area contributed by atoms with E-state index in [9.17, 15) is 22.8 Å². The monoisotopic (exact) mass is 305 g/mol. The summed E-state index contributed by atoms with van der Waals surface area (Å²) in [5.74, 6) is -0.859. The van der Waals surface area contributed by atoms with Gasteiger partial charge in [0.1, 0.15) is 0 Å². The first kappa shape index (κ1) is 14.8. The molecule has 2 rings (SSSR count). The zero-order chi connectivity index (χ0) is 15.1. The fourth-order valence-corrected chi connectivity index (χ4v) is 2.35. The third-order valence-electron chi connectivity index (χ3n) is 3.16. The van der Waals surface area contributed by atoms with Crippen LogP contribution >= 0.6 is 11.6 Å². The van der Waals surface area contributed by atoms with Crippen molar-refractivity contribution < 1.29 is 22.8 Å². The van der Waals surface area contributed by atoms with Gasteiger partial charge >= 0.3 is 6.18 Å². The van der Waals surface area contributed by atoms with Gasteiger partial charge in [-0.25, -0.2) is 0 Å². The van der Waals surface area contributed by atoms with Crippen molar-refractivity contribution in [1.29, 1.82) is 0 Å². The molecule has 1 aliphatic rings. The van der Waals surface area contributed by atoms with Gasteiger partial charge in [-0.05, 0) is 17.2 Å². The number of likely N-dealkylation sites (N-methyl/N-ethyl adjacent to an activating group) is 1. The van der Waals surface area contributed by atoms with E-state index >= 15 is 0 Å². The highest BCUT2D eigenvalue weighted by Crippen LogP contribution is 2.35. The largest absolute Gasteiger partial charge is 0.390 e. The number of alkyl halides is 4. The maximum absolute atomic E-state index is 12.3. The maximum Gasteiger partial charge on any atom is 0.390 e. The Morgan fingerprint density at radius 2 is 2.00 bits per heavy atom. The van der Waals surface area contributed by atoms with Crippen LogP contribution < -0.4 is 0 Å². The van der Waals surface area contributed by atoms with E-state index in [0.717, 1.165) is 4.90 Å². The van der Waals surface area contributed by atoms with Gasteiger partial charge in [-0.15, -0.1) is 11.6 Å². The highest BCUT2D eigenvalue weighted by Gasteiger charge is 2.33. The van der Waals surface area contributed by atoms with Gasteiger partial charge in [-0.3, -0.25) is 14.5 Å². The number of imide groups is 1. The zero-order valence-corrected chi connectivity index (χ0v) is 11.3. The molecule has 0 fully saturated rings. The molecule has 2 amide bonds. The van der Waals surface area contributed by atoms with Gasteiger partial charge in [0.25, 0.3) is 5.91 Å². The van der Waals surface area contributed by atoms with Crippen molar-refractivity contribution >= 4 is 23.4 Å². The van der Waals surface area contributed by atoms with Crippen LogP contribution in [-0.2, 0) is 11.2 Å². The summed E-state index contributed by atoms with van der Waals surface area (Å²) in [5.41, 5.74) is 0.967. The van der Waals surface area contributed by atoms with Crippen LogP contribution in [0.5, 0.6) is 0 Å². The van der Waals surface area contributed by atoms with E-state index in [4.69, 9.17) is 11.6 Å². The molecular formula is C13H11ClF3NO2. The van der Waals surface area contributed by atoms with E-state index in [1.54, 1.807) is 0 Å². The second kappa shape index (κ2) is 5.09. The molecule has 3 nitrogen and oxygen atoms in total. The van der Waals surface area contributed by atoms with Crippen molar-refractivity contribution in [2.45, 2.75) is 24.4 Å². The number of rotatable bonds is 2. The van der Waals surface area contributed by atoms with Crippen LogP contribution in [0.4, 0.5) is 13.2 Å². The van der Waals surface area contributed by atoms with Crippen LogP contribution in [-0.4, -0.2) is 29.9 Å². The van der Waals surface area contributed by atoms with E-state index in [-0.39, 0.29) is 23.5 Å². The predicted octanol–water partition coefficient (Wildman–Crippen LogP) is 3.07. The van der Waals surface area contributed by atoms with Crippen molar-refractivity contribution in [3.8, 4) is 0 Å². The Morgan fingerprint density at radius 1 is 1.35 bits per heavy atom. The Hall–Kier alpha value is -1.56. The van der Waals surface area contributed by atoms with Gasteiger partial charge in [0, 0.05) is 12.6 Å². The fraction of sp³-hybridized carbons (Fsp3) is 0.385. The maximum atomic E-state index is 12.3. The van der Waals surface area contributed by atoms with Crippen LogP contribution in [0.1, 0.15) is 33.3 Å². The summed E-state index contributed by atoms with van der Waals surface area (Å²) < 4.78 is 36.9. The number of carbonyl (C=O) groups is 2. The average Bonchev–Trinajstić information content (AvgIpc) is 2.34. The molecule has 0 radical (unpaired) electrons. The smallest absolute Gasteiger partial charge is 0.281 e. The van der Waals surface area contributed by atoms with Gasteiger partial charge in [0.15, 0.2) is 0 Å². The summed E-state index contributed by atoms with van der Waals surface area (Å²) in [5, 5.41) is -1.25. The number of amides is 2. The zero-order valence-electron chi connectivity index (χ0n) is 10.5. The van der Waals surface area contributed by atoms with E-state index in [1.807, 2.05) is 0 Å². The molecule has 0 aromatic heterocycles. The summed E-state index contributed by atoms with van der Waals surface area (Å²) >= 11 is 5.73. The van der Waals surface area contributed by atoms with E-state index in [0.29, 0.717) is 5.56 Å². The lowest BCUT2D eigenvalue weighted by molar-refractivity contribution is -0.134. The van der Waals surface area contributed by atoms with Crippen LogP contribution in [0.2, 0.25) is 0 Å². The van der Waals surface area contributed by atoms with Crippen molar-refractivity contribution in [3.63, 3.8) is 0 Å². The minimum Gasteiger partial charge on any atom is -0.281 e. The second-order valence-corrected chi connectivity index (χ2v) is 5.16. The molecule has 108 valence electrons. The molecule has 0 bridgehead atoms. The number of fused-ring (bicyclic) bond motifs is 1. The molecule has 1 heterocycles. The third-order valence-corrected chi connectivity index (χ3v) is 3.56. The lowest BCUT2D eigenvalue weighted by Gasteiger charge is -2.24. The summed E-state index contributed by atoms with van der Waals surface area (Å²) in [7, 11) is 1.34. The quantitative estimate of drug-likeness (QED) is 0.622. The number of hydrogen-bond donors (Lipinski definition) is 0. The molecule has 1 aromatic carbocycles. The molecule has 1 aliphatic heterocycles. The molecule has 1 atom stereocenters. The van der Waals surface area contributed by atoms with Crippen LogP contribution in [0.15, 0.2) is 18.2 Å². The van der Waals surface area contributed by atoms with Crippen molar-refractivity contribution in [2.24, 2.45) is 0 Å². The first-order valence-corrected chi connectivity index (χ1v) is 6.27. The Morgan fingerprint density at radius 3 is 2.60 bits per heavy atom. The van der Waals surface area contributed by atoms with Crippen molar-refractivity contribution in [2.75, 3.05) is 7.05 Å². The average molecular weight is 306 g/mol. The number of hydrogen-bond acceptors (Lipinski definition) is 2. The highest BCUT2D eigenvalue weighted by atomic mass is 35.5. The lowest BCUT2D eigenvalue weighted by atomic mass is 9.95. The minimum atomic E-state index is -4.38. The van der Waals surface area contributed by atoms with Crippen molar-refractivity contribution in [1.82, 2.24) is 4.90 Å². The summed E-state index contributed by atoms with van der Waals surface area (Å²) in [6, 6.07) is 4.25.